The van der Waals surface area contributed by atoms with Crippen molar-refractivity contribution >= 4 is 33.2 Å². The van der Waals surface area contributed by atoms with Crippen LogP contribution in [-0.2, 0) is 10.0 Å². The van der Waals surface area contributed by atoms with Gasteiger partial charge in [0.25, 0.3) is 15.9 Å². The number of halogens is 1. The minimum Gasteiger partial charge on any atom is -0.352 e. The third kappa shape index (κ3) is 5.45. The number of unbranched alkanes of at least 4 members (excludes halogenated alkanes) is 1. The van der Waals surface area contributed by atoms with Gasteiger partial charge in [0, 0.05) is 17.1 Å². The predicted octanol–water partition coefficient (Wildman–Crippen LogP) is 2.92. The molecule has 8 heteroatoms. The van der Waals surface area contributed by atoms with Crippen LogP contribution in [-0.4, -0.2) is 27.4 Å². The summed E-state index contributed by atoms with van der Waals surface area (Å²) in [5.74, 6) is -0.318. The topological polar surface area (TPSA) is 101 Å². The van der Waals surface area contributed by atoms with E-state index in [1.54, 1.807) is 37.3 Å². The van der Waals surface area contributed by atoms with Crippen LogP contribution < -0.4 is 15.8 Å². The Morgan fingerprint density at radius 1 is 1.15 bits per heavy atom. The van der Waals surface area contributed by atoms with Crippen molar-refractivity contribution in [1.29, 1.82) is 0 Å². The van der Waals surface area contributed by atoms with Gasteiger partial charge in [-0.3, -0.25) is 9.52 Å². The Morgan fingerprint density at radius 2 is 1.92 bits per heavy atom. The lowest BCUT2D eigenvalue weighted by atomic mass is 10.1. The minimum absolute atomic E-state index is 0.0482. The molecule has 2 aromatic rings. The third-order valence-electron chi connectivity index (χ3n) is 3.73. The van der Waals surface area contributed by atoms with Crippen molar-refractivity contribution < 1.29 is 13.2 Å². The van der Waals surface area contributed by atoms with E-state index in [4.69, 9.17) is 17.3 Å². The number of aryl methyl sites for hydroxylation is 1. The van der Waals surface area contributed by atoms with Gasteiger partial charge in [0.1, 0.15) is 0 Å². The predicted molar refractivity (Wildman–Crippen MR) is 104 cm³/mol. The van der Waals surface area contributed by atoms with Gasteiger partial charge in [0.15, 0.2) is 0 Å². The number of anilines is 1. The highest BCUT2D eigenvalue weighted by molar-refractivity contribution is 7.92. The molecular weight excluding hydrogens is 374 g/mol. The molecule has 6 nitrogen and oxygen atoms in total. The molecule has 1 amide bonds. The van der Waals surface area contributed by atoms with Gasteiger partial charge in [-0.1, -0.05) is 23.7 Å². The van der Waals surface area contributed by atoms with Gasteiger partial charge in [0.2, 0.25) is 0 Å². The first-order valence-electron chi connectivity index (χ1n) is 8.21. The average molecular weight is 396 g/mol. The highest BCUT2D eigenvalue weighted by atomic mass is 35.5. The molecule has 0 bridgehead atoms. The summed E-state index contributed by atoms with van der Waals surface area (Å²) in [6, 6.07) is 11.0. The third-order valence-corrected chi connectivity index (χ3v) is 5.49. The molecule has 0 spiro atoms. The zero-order chi connectivity index (χ0) is 19.2. The van der Waals surface area contributed by atoms with E-state index in [0.29, 0.717) is 29.4 Å². The zero-order valence-corrected chi connectivity index (χ0v) is 16.0. The molecule has 2 rings (SSSR count). The summed E-state index contributed by atoms with van der Waals surface area (Å²) < 4.78 is 27.9. The van der Waals surface area contributed by atoms with E-state index < -0.39 is 10.0 Å². The lowest BCUT2D eigenvalue weighted by Crippen LogP contribution is -2.25. The average Bonchev–Trinajstić information content (AvgIpc) is 2.58. The fourth-order valence-electron chi connectivity index (χ4n) is 2.37. The smallest absolute Gasteiger partial charge is 0.262 e. The van der Waals surface area contributed by atoms with E-state index in [2.05, 4.69) is 10.0 Å². The molecule has 2 aromatic carbocycles. The molecule has 0 aromatic heterocycles. The molecule has 0 aliphatic heterocycles. The van der Waals surface area contributed by atoms with Crippen LogP contribution in [0.5, 0.6) is 0 Å². The zero-order valence-electron chi connectivity index (χ0n) is 14.5. The summed E-state index contributed by atoms with van der Waals surface area (Å²) in [6.07, 6.45) is 1.59. The lowest BCUT2D eigenvalue weighted by Gasteiger charge is -2.12. The van der Waals surface area contributed by atoms with Crippen molar-refractivity contribution in [3.05, 3.63) is 58.6 Å². The van der Waals surface area contributed by atoms with Crippen LogP contribution in [0.1, 0.15) is 28.8 Å². The van der Waals surface area contributed by atoms with Gasteiger partial charge in [-0.2, -0.15) is 0 Å². The molecule has 0 saturated carbocycles. The van der Waals surface area contributed by atoms with Crippen LogP contribution in [0.3, 0.4) is 0 Å². The first kappa shape index (κ1) is 20.2. The Morgan fingerprint density at radius 3 is 2.62 bits per heavy atom. The standard InChI is InChI=1S/C18H22ClN3O3S/c1-13-7-8-14(18(23)21-10-3-2-9-20)11-17(13)26(24,25)22-16-6-4-5-15(19)12-16/h4-8,11-12,22H,2-3,9-10,20H2,1H3,(H,21,23). The van der Waals surface area contributed by atoms with Crippen molar-refractivity contribution in [2.75, 3.05) is 17.8 Å². The molecule has 4 N–H and O–H groups in total. The summed E-state index contributed by atoms with van der Waals surface area (Å²) in [5, 5.41) is 3.19. The molecule has 0 aliphatic rings. The number of hydrogen-bond acceptors (Lipinski definition) is 4. The Hall–Kier alpha value is -2.09. The molecule has 0 saturated heterocycles. The van der Waals surface area contributed by atoms with E-state index in [9.17, 15) is 13.2 Å². The second-order valence-electron chi connectivity index (χ2n) is 5.85. The maximum absolute atomic E-state index is 12.7. The second kappa shape index (κ2) is 9.02. The van der Waals surface area contributed by atoms with Crippen LogP contribution in [0.2, 0.25) is 5.02 Å². The van der Waals surface area contributed by atoms with E-state index in [1.165, 1.54) is 12.1 Å². The van der Waals surface area contributed by atoms with Gasteiger partial charge in [-0.15, -0.1) is 0 Å². The van der Waals surface area contributed by atoms with Crippen molar-refractivity contribution in [3.63, 3.8) is 0 Å². The van der Waals surface area contributed by atoms with Crippen LogP contribution >= 0.6 is 11.6 Å². The van der Waals surface area contributed by atoms with Crippen molar-refractivity contribution in [2.45, 2.75) is 24.7 Å². The Kier molecular flexibility index (Phi) is 7.02. The highest BCUT2D eigenvalue weighted by Gasteiger charge is 2.19. The van der Waals surface area contributed by atoms with Crippen molar-refractivity contribution in [1.82, 2.24) is 5.32 Å². The number of hydrogen-bond donors (Lipinski definition) is 3. The molecule has 26 heavy (non-hydrogen) atoms. The monoisotopic (exact) mass is 395 g/mol. The van der Waals surface area contributed by atoms with Gasteiger partial charge >= 0.3 is 0 Å². The van der Waals surface area contributed by atoms with E-state index in [0.717, 1.165) is 12.8 Å². The molecule has 0 aliphatic carbocycles. The van der Waals surface area contributed by atoms with Crippen LogP contribution in [0, 0.1) is 6.92 Å². The number of carbonyl (C=O) groups excluding carboxylic acids is 1. The van der Waals surface area contributed by atoms with E-state index >= 15 is 0 Å². The van der Waals surface area contributed by atoms with E-state index in [-0.39, 0.29) is 16.4 Å². The number of nitrogens with two attached hydrogens (primary N) is 1. The van der Waals surface area contributed by atoms with Crippen molar-refractivity contribution in [2.24, 2.45) is 5.73 Å². The molecule has 0 radical (unpaired) electrons. The summed E-state index contributed by atoms with van der Waals surface area (Å²) >= 11 is 5.89. The molecular formula is C18H22ClN3O3S. The number of carbonyl (C=O) groups is 1. The quantitative estimate of drug-likeness (QED) is 0.598. The number of sulfonamides is 1. The van der Waals surface area contributed by atoms with Crippen LogP contribution in [0.4, 0.5) is 5.69 Å². The van der Waals surface area contributed by atoms with E-state index in [1.807, 2.05) is 0 Å². The Balaban J connectivity index is 2.21. The Labute approximate surface area is 158 Å². The molecule has 0 unspecified atom stereocenters. The maximum Gasteiger partial charge on any atom is 0.262 e. The van der Waals surface area contributed by atoms with Gasteiger partial charge in [-0.05, 0) is 62.2 Å². The summed E-state index contributed by atoms with van der Waals surface area (Å²) in [5.41, 5.74) is 6.60. The fraction of sp³-hybridized carbons (Fsp3) is 0.278. The van der Waals surface area contributed by atoms with Crippen LogP contribution in [0.15, 0.2) is 47.4 Å². The largest absolute Gasteiger partial charge is 0.352 e. The van der Waals surface area contributed by atoms with Crippen LogP contribution in [0.25, 0.3) is 0 Å². The second-order valence-corrected chi connectivity index (χ2v) is 7.94. The highest BCUT2D eigenvalue weighted by Crippen LogP contribution is 2.22. The molecule has 0 heterocycles. The summed E-state index contributed by atoms with van der Waals surface area (Å²) in [7, 11) is -3.85. The van der Waals surface area contributed by atoms with Gasteiger partial charge in [0.05, 0.1) is 10.6 Å². The normalized spacial score (nSPS) is 11.2. The Bertz CT molecular complexity index is 885. The number of benzene rings is 2. The first-order chi connectivity index (χ1) is 12.3. The van der Waals surface area contributed by atoms with Gasteiger partial charge in [-0.25, -0.2) is 8.42 Å². The first-order valence-corrected chi connectivity index (χ1v) is 10.1. The fourth-order valence-corrected chi connectivity index (χ4v) is 3.88. The number of rotatable bonds is 8. The summed E-state index contributed by atoms with van der Waals surface area (Å²) in [6.45, 7) is 2.74. The number of amides is 1. The van der Waals surface area contributed by atoms with Gasteiger partial charge < -0.3 is 11.1 Å². The number of nitrogens with one attached hydrogen (secondary N) is 2. The molecule has 0 atom stereocenters. The van der Waals surface area contributed by atoms with Crippen molar-refractivity contribution in [3.8, 4) is 0 Å². The lowest BCUT2D eigenvalue weighted by molar-refractivity contribution is 0.0953. The SMILES string of the molecule is Cc1ccc(C(=O)NCCCCN)cc1S(=O)(=O)Nc1cccc(Cl)c1. The maximum atomic E-state index is 12.7. The summed E-state index contributed by atoms with van der Waals surface area (Å²) in [4.78, 5) is 12.3. The minimum atomic E-state index is -3.85. The molecule has 0 fully saturated rings. The molecule has 140 valence electrons.